The third-order valence-electron chi connectivity index (χ3n) is 3.99. The highest BCUT2D eigenvalue weighted by Gasteiger charge is 2.31. The van der Waals surface area contributed by atoms with E-state index in [1.807, 2.05) is 0 Å². The number of carbonyl (C=O) groups is 3. The van der Waals surface area contributed by atoms with Crippen LogP contribution in [0.3, 0.4) is 0 Å². The first kappa shape index (κ1) is 18.0. The van der Waals surface area contributed by atoms with Crippen molar-refractivity contribution in [3.05, 3.63) is 40.1 Å². The van der Waals surface area contributed by atoms with Gasteiger partial charge < -0.3 is 15.4 Å². The molecule has 128 valence electrons. The summed E-state index contributed by atoms with van der Waals surface area (Å²) in [6, 6.07) is 5.21. The molecule has 1 aromatic carbocycles. The Kier molecular flexibility index (Phi) is 5.62. The molecular weight excluding hydrogens is 332 g/mol. The van der Waals surface area contributed by atoms with Gasteiger partial charge in [0.2, 0.25) is 11.8 Å². The Labute approximate surface area is 145 Å². The lowest BCUT2D eigenvalue weighted by atomic mass is 9.90. The molecule has 0 aromatic heterocycles. The number of methoxy groups -OCH3 is 1. The van der Waals surface area contributed by atoms with Crippen LogP contribution in [0.25, 0.3) is 0 Å². The normalized spacial score (nSPS) is 17.3. The molecule has 1 atom stereocenters. The molecule has 6 nitrogen and oxygen atoms in total. The fourth-order valence-corrected chi connectivity index (χ4v) is 2.72. The summed E-state index contributed by atoms with van der Waals surface area (Å²) in [6.07, 6.45) is 0.137. The van der Waals surface area contributed by atoms with E-state index >= 15 is 0 Å². The van der Waals surface area contributed by atoms with E-state index in [9.17, 15) is 14.4 Å². The van der Waals surface area contributed by atoms with Crippen molar-refractivity contribution in [2.24, 2.45) is 5.92 Å². The topological polar surface area (TPSA) is 84.5 Å². The van der Waals surface area contributed by atoms with E-state index in [0.29, 0.717) is 22.0 Å². The standard InChI is InChI=1S/C17H19ClN2O4/c1-9-13(18)5-4-6-14(9)20-15(21)8-11-7-12(17(23)24-3)10(2)19-16(11)22/h4-6,11H,7-8H2,1-3H3,(H,19,22)(H,20,21). The van der Waals surface area contributed by atoms with Crippen molar-refractivity contribution >= 4 is 35.1 Å². The Morgan fingerprint density at radius 1 is 1.38 bits per heavy atom. The molecule has 2 amide bonds. The number of hydrogen-bond donors (Lipinski definition) is 2. The molecule has 1 aliphatic heterocycles. The van der Waals surface area contributed by atoms with E-state index in [-0.39, 0.29) is 24.7 Å². The molecule has 0 aliphatic carbocycles. The number of nitrogens with one attached hydrogen (secondary N) is 2. The Hall–Kier alpha value is -2.34. The highest BCUT2D eigenvalue weighted by Crippen LogP contribution is 2.26. The fraction of sp³-hybridized carbons (Fsp3) is 0.353. The van der Waals surface area contributed by atoms with Crippen molar-refractivity contribution < 1.29 is 19.1 Å². The highest BCUT2D eigenvalue weighted by atomic mass is 35.5. The Morgan fingerprint density at radius 3 is 2.75 bits per heavy atom. The lowest BCUT2D eigenvalue weighted by Gasteiger charge is -2.24. The molecule has 7 heteroatoms. The summed E-state index contributed by atoms with van der Waals surface area (Å²) in [6.45, 7) is 3.43. The Bertz CT molecular complexity index is 727. The van der Waals surface area contributed by atoms with Gasteiger partial charge in [0.25, 0.3) is 0 Å². The van der Waals surface area contributed by atoms with Gasteiger partial charge in [0, 0.05) is 22.8 Å². The van der Waals surface area contributed by atoms with Crippen molar-refractivity contribution in [1.82, 2.24) is 5.32 Å². The Morgan fingerprint density at radius 2 is 2.08 bits per heavy atom. The summed E-state index contributed by atoms with van der Waals surface area (Å²) in [4.78, 5) is 36.1. The number of carbonyl (C=O) groups excluding carboxylic acids is 3. The number of amides is 2. The lowest BCUT2D eigenvalue weighted by Crippen LogP contribution is -2.38. The van der Waals surface area contributed by atoms with Crippen molar-refractivity contribution in [2.75, 3.05) is 12.4 Å². The molecule has 0 spiro atoms. The molecule has 0 saturated carbocycles. The van der Waals surface area contributed by atoms with Crippen LogP contribution < -0.4 is 10.6 Å². The smallest absolute Gasteiger partial charge is 0.335 e. The van der Waals surface area contributed by atoms with Crippen molar-refractivity contribution in [3.8, 4) is 0 Å². The molecule has 1 aliphatic rings. The maximum absolute atomic E-state index is 12.3. The third-order valence-corrected chi connectivity index (χ3v) is 4.40. The van der Waals surface area contributed by atoms with Crippen molar-refractivity contribution in [1.29, 1.82) is 0 Å². The number of hydrogen-bond acceptors (Lipinski definition) is 4. The zero-order chi connectivity index (χ0) is 17.9. The summed E-state index contributed by atoms with van der Waals surface area (Å²) < 4.78 is 4.71. The summed E-state index contributed by atoms with van der Waals surface area (Å²) >= 11 is 6.03. The van der Waals surface area contributed by atoms with E-state index in [2.05, 4.69) is 10.6 Å². The number of allylic oxidation sites excluding steroid dienone is 1. The quantitative estimate of drug-likeness (QED) is 0.817. The Balaban J connectivity index is 2.07. The van der Waals surface area contributed by atoms with Gasteiger partial charge >= 0.3 is 5.97 Å². The van der Waals surface area contributed by atoms with Gasteiger partial charge in [-0.1, -0.05) is 17.7 Å². The molecule has 24 heavy (non-hydrogen) atoms. The van der Waals surface area contributed by atoms with E-state index in [1.54, 1.807) is 32.0 Å². The van der Waals surface area contributed by atoms with E-state index in [1.165, 1.54) is 7.11 Å². The molecular formula is C17H19ClN2O4. The molecule has 0 radical (unpaired) electrons. The third kappa shape index (κ3) is 3.94. The van der Waals surface area contributed by atoms with Crippen LogP contribution in [-0.4, -0.2) is 24.9 Å². The molecule has 0 fully saturated rings. The zero-order valence-corrected chi connectivity index (χ0v) is 14.5. The van der Waals surface area contributed by atoms with Crippen LogP contribution in [0.15, 0.2) is 29.5 Å². The number of rotatable bonds is 4. The first-order chi connectivity index (χ1) is 11.3. The number of halogens is 1. The lowest BCUT2D eigenvalue weighted by molar-refractivity contribution is -0.137. The van der Waals surface area contributed by atoms with E-state index < -0.39 is 11.9 Å². The zero-order valence-electron chi connectivity index (χ0n) is 13.7. The SMILES string of the molecule is COC(=O)C1=C(C)NC(=O)C(CC(=O)Nc2cccc(Cl)c2C)C1. The summed E-state index contributed by atoms with van der Waals surface area (Å²) in [7, 11) is 1.28. The average Bonchev–Trinajstić information content (AvgIpc) is 2.53. The number of esters is 1. The fourth-order valence-electron chi connectivity index (χ4n) is 2.55. The summed E-state index contributed by atoms with van der Waals surface area (Å²) in [5.74, 6) is -1.71. The van der Waals surface area contributed by atoms with Crippen LogP contribution >= 0.6 is 11.6 Å². The van der Waals surface area contributed by atoms with Crippen LogP contribution in [0.4, 0.5) is 5.69 Å². The van der Waals surface area contributed by atoms with Gasteiger partial charge in [-0.3, -0.25) is 9.59 Å². The molecule has 0 bridgehead atoms. The van der Waals surface area contributed by atoms with Gasteiger partial charge in [-0.15, -0.1) is 0 Å². The predicted octanol–water partition coefficient (Wildman–Crippen LogP) is 2.56. The predicted molar refractivity (Wildman–Crippen MR) is 90.4 cm³/mol. The average molecular weight is 351 g/mol. The van der Waals surface area contributed by atoms with Gasteiger partial charge in [-0.25, -0.2) is 4.79 Å². The second-order valence-corrected chi connectivity index (χ2v) is 6.06. The number of benzene rings is 1. The molecule has 0 saturated heterocycles. The monoisotopic (exact) mass is 350 g/mol. The highest BCUT2D eigenvalue weighted by molar-refractivity contribution is 6.31. The van der Waals surface area contributed by atoms with Gasteiger partial charge in [0.05, 0.1) is 18.6 Å². The minimum absolute atomic E-state index is 0.0361. The van der Waals surface area contributed by atoms with Crippen LogP contribution in [0, 0.1) is 12.8 Å². The second kappa shape index (κ2) is 7.49. The van der Waals surface area contributed by atoms with Gasteiger partial charge in [0.1, 0.15) is 0 Å². The molecule has 1 unspecified atom stereocenters. The minimum atomic E-state index is -0.623. The summed E-state index contributed by atoms with van der Waals surface area (Å²) in [5.41, 5.74) is 2.21. The number of anilines is 1. The van der Waals surface area contributed by atoms with Crippen LogP contribution in [0.1, 0.15) is 25.3 Å². The molecule has 2 rings (SSSR count). The summed E-state index contributed by atoms with van der Waals surface area (Å²) in [5, 5.41) is 5.93. The first-order valence-electron chi connectivity index (χ1n) is 7.47. The van der Waals surface area contributed by atoms with Crippen molar-refractivity contribution in [2.45, 2.75) is 26.7 Å². The maximum Gasteiger partial charge on any atom is 0.335 e. The van der Waals surface area contributed by atoms with E-state index in [4.69, 9.17) is 16.3 Å². The van der Waals surface area contributed by atoms with Gasteiger partial charge in [0.15, 0.2) is 0 Å². The largest absolute Gasteiger partial charge is 0.466 e. The minimum Gasteiger partial charge on any atom is -0.466 e. The molecule has 2 N–H and O–H groups in total. The maximum atomic E-state index is 12.3. The number of ether oxygens (including phenoxy) is 1. The second-order valence-electron chi connectivity index (χ2n) is 5.65. The van der Waals surface area contributed by atoms with E-state index in [0.717, 1.165) is 5.56 Å². The van der Waals surface area contributed by atoms with Gasteiger partial charge in [-0.2, -0.15) is 0 Å². The first-order valence-corrected chi connectivity index (χ1v) is 7.85. The molecule has 1 aromatic rings. The van der Waals surface area contributed by atoms with Gasteiger partial charge in [-0.05, 0) is 38.0 Å². The molecule has 1 heterocycles. The van der Waals surface area contributed by atoms with Crippen molar-refractivity contribution in [3.63, 3.8) is 0 Å². The van der Waals surface area contributed by atoms with Crippen LogP contribution in [0.5, 0.6) is 0 Å². The van der Waals surface area contributed by atoms with Crippen LogP contribution in [-0.2, 0) is 19.1 Å². The van der Waals surface area contributed by atoms with Crippen LogP contribution in [0.2, 0.25) is 5.02 Å².